The number of methoxy groups -OCH3 is 1. The molecule has 17 heavy (non-hydrogen) atoms. The van der Waals surface area contributed by atoms with E-state index in [1.807, 2.05) is 11.9 Å². The second-order valence-corrected chi connectivity index (χ2v) is 4.53. The van der Waals surface area contributed by atoms with Crippen LogP contribution in [0, 0.1) is 0 Å². The molecule has 0 aliphatic carbocycles. The van der Waals surface area contributed by atoms with E-state index in [0.717, 1.165) is 11.5 Å². The second kappa shape index (κ2) is 6.46. The topological polar surface area (TPSA) is 64.8 Å². The summed E-state index contributed by atoms with van der Waals surface area (Å²) in [5, 5.41) is 0.933. The lowest BCUT2D eigenvalue weighted by Crippen LogP contribution is -2.20. The van der Waals surface area contributed by atoms with Gasteiger partial charge in [0.25, 0.3) is 0 Å². The average Bonchev–Trinajstić information content (AvgIpc) is 2.68. The molecule has 0 aliphatic heterocycles. The zero-order valence-electron chi connectivity index (χ0n) is 10.4. The molecule has 0 saturated heterocycles. The summed E-state index contributed by atoms with van der Waals surface area (Å²) in [4.78, 5) is 14.0. The van der Waals surface area contributed by atoms with Gasteiger partial charge in [-0.1, -0.05) is 0 Å². The fourth-order valence-corrected chi connectivity index (χ4v) is 2.24. The minimum atomic E-state index is -0.360. The van der Waals surface area contributed by atoms with Crippen molar-refractivity contribution in [3.63, 3.8) is 0 Å². The van der Waals surface area contributed by atoms with Gasteiger partial charge in [0.05, 0.1) is 23.9 Å². The first kappa shape index (κ1) is 13.8. The molecular formula is C11H18N2O3S. The molecule has 0 unspecified atom stereocenters. The third kappa shape index (κ3) is 3.61. The van der Waals surface area contributed by atoms with Crippen molar-refractivity contribution in [3.8, 4) is 0 Å². The summed E-state index contributed by atoms with van der Waals surface area (Å²) >= 11 is 1.34. The number of hydrogen-bond donors (Lipinski definition) is 1. The third-order valence-corrected chi connectivity index (χ3v) is 3.46. The van der Waals surface area contributed by atoms with Crippen molar-refractivity contribution in [2.24, 2.45) is 0 Å². The summed E-state index contributed by atoms with van der Waals surface area (Å²) in [6.07, 6.45) is 0. The predicted octanol–water partition coefficient (Wildman–Crippen LogP) is 1.59. The third-order valence-electron chi connectivity index (χ3n) is 2.22. The number of esters is 1. The van der Waals surface area contributed by atoms with Gasteiger partial charge >= 0.3 is 5.97 Å². The van der Waals surface area contributed by atoms with E-state index >= 15 is 0 Å². The zero-order valence-corrected chi connectivity index (χ0v) is 11.2. The van der Waals surface area contributed by atoms with Gasteiger partial charge in [0.1, 0.15) is 4.88 Å². The lowest BCUT2D eigenvalue weighted by atomic mass is 10.4. The molecule has 1 aromatic rings. The lowest BCUT2D eigenvalue weighted by molar-refractivity contribution is 0.0533. The van der Waals surface area contributed by atoms with Crippen molar-refractivity contribution >= 4 is 28.0 Å². The maximum absolute atomic E-state index is 11.6. The number of thiophene rings is 1. The molecular weight excluding hydrogens is 240 g/mol. The Balaban J connectivity index is 2.76. The summed E-state index contributed by atoms with van der Waals surface area (Å²) in [6.45, 7) is 3.50. The van der Waals surface area contributed by atoms with Crippen molar-refractivity contribution < 1.29 is 14.3 Å². The van der Waals surface area contributed by atoms with Crippen molar-refractivity contribution in [2.45, 2.75) is 6.92 Å². The molecule has 0 atom stereocenters. The van der Waals surface area contributed by atoms with Crippen LogP contribution in [0.15, 0.2) is 6.07 Å². The Hall–Kier alpha value is -1.27. The van der Waals surface area contributed by atoms with E-state index in [2.05, 4.69) is 0 Å². The van der Waals surface area contributed by atoms with Crippen LogP contribution in [0.3, 0.4) is 0 Å². The number of nitrogens with two attached hydrogens (primary N) is 1. The van der Waals surface area contributed by atoms with Gasteiger partial charge in [-0.05, 0) is 13.0 Å². The van der Waals surface area contributed by atoms with Crippen molar-refractivity contribution in [2.75, 3.05) is 44.5 Å². The smallest absolute Gasteiger partial charge is 0.350 e. The minimum absolute atomic E-state index is 0.352. The molecule has 1 heterocycles. The lowest BCUT2D eigenvalue weighted by Gasteiger charge is -2.15. The van der Waals surface area contributed by atoms with E-state index in [1.165, 1.54) is 11.3 Å². The van der Waals surface area contributed by atoms with Crippen LogP contribution >= 0.6 is 11.3 Å². The molecule has 1 rings (SSSR count). The average molecular weight is 258 g/mol. The van der Waals surface area contributed by atoms with E-state index in [-0.39, 0.29) is 5.97 Å². The number of nitrogens with zero attached hydrogens (tertiary/aromatic N) is 1. The number of nitrogen functional groups attached to an aromatic ring is 1. The maximum atomic E-state index is 11.6. The summed E-state index contributed by atoms with van der Waals surface area (Å²) < 4.78 is 9.93. The van der Waals surface area contributed by atoms with Crippen molar-refractivity contribution in [1.29, 1.82) is 0 Å². The Kier molecular flexibility index (Phi) is 5.24. The highest BCUT2D eigenvalue weighted by Gasteiger charge is 2.17. The number of hydrogen-bond acceptors (Lipinski definition) is 6. The normalized spacial score (nSPS) is 10.3. The molecule has 0 amide bonds. The standard InChI is InChI=1S/C11H18N2O3S/c1-4-16-11(14)10-8(12)7-9(17-10)13(2)5-6-15-3/h7H,4-6,12H2,1-3H3. The molecule has 0 saturated carbocycles. The molecule has 0 spiro atoms. The molecule has 0 fully saturated rings. The molecule has 0 bridgehead atoms. The van der Waals surface area contributed by atoms with Gasteiger partial charge in [-0.2, -0.15) is 0 Å². The van der Waals surface area contributed by atoms with Crippen LogP contribution in [0.5, 0.6) is 0 Å². The van der Waals surface area contributed by atoms with Crippen LogP contribution in [-0.2, 0) is 9.47 Å². The number of carbonyl (C=O) groups excluding carboxylic acids is 1. The van der Waals surface area contributed by atoms with Crippen LogP contribution in [-0.4, -0.2) is 39.9 Å². The largest absolute Gasteiger partial charge is 0.462 e. The van der Waals surface area contributed by atoms with Crippen LogP contribution < -0.4 is 10.6 Å². The number of rotatable bonds is 6. The Bertz CT molecular complexity index is 379. The summed E-state index contributed by atoms with van der Waals surface area (Å²) in [5.74, 6) is -0.360. The number of likely N-dealkylation sites (N-methyl/N-ethyl adjacent to an activating group) is 1. The molecule has 1 aromatic heterocycles. The highest BCUT2D eigenvalue weighted by Crippen LogP contribution is 2.31. The van der Waals surface area contributed by atoms with Gasteiger partial charge in [-0.3, -0.25) is 0 Å². The van der Waals surface area contributed by atoms with Crippen molar-refractivity contribution in [1.82, 2.24) is 0 Å². The molecule has 0 radical (unpaired) electrons. The highest BCUT2D eigenvalue weighted by atomic mass is 32.1. The summed E-state index contributed by atoms with van der Waals surface area (Å²) in [6, 6.07) is 1.78. The zero-order chi connectivity index (χ0) is 12.8. The quantitative estimate of drug-likeness (QED) is 0.785. The summed E-state index contributed by atoms with van der Waals surface area (Å²) in [5.41, 5.74) is 6.26. The van der Waals surface area contributed by atoms with Gasteiger partial charge in [0.2, 0.25) is 0 Å². The van der Waals surface area contributed by atoms with E-state index in [1.54, 1.807) is 20.1 Å². The molecule has 0 aromatic carbocycles. The van der Waals surface area contributed by atoms with Crippen LogP contribution in [0.4, 0.5) is 10.7 Å². The first-order chi connectivity index (χ1) is 8.10. The summed E-state index contributed by atoms with van der Waals surface area (Å²) in [7, 11) is 3.58. The van der Waals surface area contributed by atoms with Crippen LogP contribution in [0.1, 0.15) is 16.6 Å². The van der Waals surface area contributed by atoms with Crippen LogP contribution in [0.25, 0.3) is 0 Å². The second-order valence-electron chi connectivity index (χ2n) is 3.50. The molecule has 0 aliphatic rings. The van der Waals surface area contributed by atoms with E-state index in [4.69, 9.17) is 15.2 Å². The Morgan fingerprint density at radius 1 is 1.59 bits per heavy atom. The van der Waals surface area contributed by atoms with Crippen LogP contribution in [0.2, 0.25) is 0 Å². The molecule has 5 nitrogen and oxygen atoms in total. The van der Waals surface area contributed by atoms with Gasteiger partial charge in [0, 0.05) is 20.7 Å². The molecule has 96 valence electrons. The van der Waals surface area contributed by atoms with Crippen molar-refractivity contribution in [3.05, 3.63) is 10.9 Å². The number of ether oxygens (including phenoxy) is 2. The highest BCUT2D eigenvalue weighted by molar-refractivity contribution is 7.18. The van der Waals surface area contributed by atoms with E-state index < -0.39 is 0 Å². The van der Waals surface area contributed by atoms with E-state index in [0.29, 0.717) is 23.8 Å². The monoisotopic (exact) mass is 258 g/mol. The number of anilines is 2. The van der Waals surface area contributed by atoms with Gasteiger partial charge in [-0.25, -0.2) is 4.79 Å². The fourth-order valence-electron chi connectivity index (χ4n) is 1.27. The van der Waals surface area contributed by atoms with Gasteiger partial charge in [-0.15, -0.1) is 11.3 Å². The first-order valence-corrected chi connectivity index (χ1v) is 6.18. The van der Waals surface area contributed by atoms with Gasteiger partial charge < -0.3 is 20.1 Å². The molecule has 2 N–H and O–H groups in total. The SMILES string of the molecule is CCOC(=O)c1sc(N(C)CCOC)cc1N. The minimum Gasteiger partial charge on any atom is -0.462 e. The van der Waals surface area contributed by atoms with E-state index in [9.17, 15) is 4.79 Å². The van der Waals surface area contributed by atoms with Gasteiger partial charge in [0.15, 0.2) is 0 Å². The maximum Gasteiger partial charge on any atom is 0.350 e. The number of carbonyl (C=O) groups is 1. The predicted molar refractivity (Wildman–Crippen MR) is 69.8 cm³/mol. The molecule has 6 heteroatoms. The Labute approximate surface area is 105 Å². The fraction of sp³-hybridized carbons (Fsp3) is 0.545. The first-order valence-electron chi connectivity index (χ1n) is 5.36. The Morgan fingerprint density at radius 2 is 2.29 bits per heavy atom. The Morgan fingerprint density at radius 3 is 2.88 bits per heavy atom.